The van der Waals surface area contributed by atoms with Crippen molar-refractivity contribution < 1.29 is 14.2 Å². The Morgan fingerprint density at radius 2 is 1.97 bits per heavy atom. The molecule has 2 unspecified atom stereocenters. The molecule has 7 heteroatoms. The van der Waals surface area contributed by atoms with Crippen LogP contribution < -0.4 is 24.8 Å². The van der Waals surface area contributed by atoms with E-state index in [1.54, 1.807) is 7.11 Å². The largest absolute Gasteiger partial charge is 0.493 e. The maximum atomic E-state index is 6.87. The molecule has 5 rings (SSSR count). The highest BCUT2D eigenvalue weighted by Crippen LogP contribution is 2.43. The third-order valence-electron chi connectivity index (χ3n) is 6.56. The predicted octanol–water partition coefficient (Wildman–Crippen LogP) is 3.35. The van der Waals surface area contributed by atoms with Gasteiger partial charge in [-0.05, 0) is 49.9 Å². The number of aromatic nitrogens is 2. The second kappa shape index (κ2) is 7.40. The van der Waals surface area contributed by atoms with Gasteiger partial charge in [-0.1, -0.05) is 18.2 Å². The van der Waals surface area contributed by atoms with Crippen LogP contribution in [0, 0.1) is 5.92 Å². The summed E-state index contributed by atoms with van der Waals surface area (Å²) >= 11 is 0. The minimum Gasteiger partial charge on any atom is -0.493 e. The van der Waals surface area contributed by atoms with Crippen LogP contribution in [0.1, 0.15) is 19.8 Å². The van der Waals surface area contributed by atoms with E-state index in [1.165, 1.54) is 0 Å². The van der Waals surface area contributed by atoms with Crippen molar-refractivity contribution in [3.05, 3.63) is 42.5 Å². The number of aromatic amines is 1. The van der Waals surface area contributed by atoms with Crippen molar-refractivity contribution in [3.63, 3.8) is 0 Å². The fourth-order valence-electron chi connectivity index (χ4n) is 4.60. The Bertz CT molecular complexity index is 993. The lowest BCUT2D eigenvalue weighted by Crippen LogP contribution is -2.61. The lowest BCUT2D eigenvalue weighted by atomic mass is 9.76. The highest BCUT2D eigenvalue weighted by Gasteiger charge is 2.44. The standard InChI is InChI=1S/C23H28N4O3/c1-23(24,20-14-29-19-9-5-8-18(28-2)21(19)30-20)15-10-12-27(13-11-15)22-25-16-6-3-4-7-17(16)26-22/h3-9,15,20H,10-14,24H2,1-2H3,(H,25,26). The van der Waals surface area contributed by atoms with Crippen molar-refractivity contribution in [1.82, 2.24) is 9.97 Å². The molecule has 158 valence electrons. The summed E-state index contributed by atoms with van der Waals surface area (Å²) in [6.07, 6.45) is 1.72. The number of rotatable bonds is 4. The zero-order valence-corrected chi connectivity index (χ0v) is 17.4. The summed E-state index contributed by atoms with van der Waals surface area (Å²) in [6.45, 7) is 4.34. The lowest BCUT2D eigenvalue weighted by Gasteiger charge is -2.45. The van der Waals surface area contributed by atoms with Crippen LogP contribution in [0.15, 0.2) is 42.5 Å². The summed E-state index contributed by atoms with van der Waals surface area (Å²) in [4.78, 5) is 10.5. The highest BCUT2D eigenvalue weighted by molar-refractivity contribution is 5.77. The first kappa shape index (κ1) is 19.1. The molecule has 1 saturated heterocycles. The summed E-state index contributed by atoms with van der Waals surface area (Å²) in [6, 6.07) is 13.8. The molecular weight excluding hydrogens is 380 g/mol. The van der Waals surface area contributed by atoms with Crippen LogP contribution in [0.5, 0.6) is 17.2 Å². The Kier molecular flexibility index (Phi) is 4.70. The van der Waals surface area contributed by atoms with Gasteiger partial charge in [0.25, 0.3) is 0 Å². The van der Waals surface area contributed by atoms with Crippen molar-refractivity contribution >= 4 is 17.0 Å². The quantitative estimate of drug-likeness (QED) is 0.689. The van der Waals surface area contributed by atoms with Crippen LogP contribution >= 0.6 is 0 Å². The van der Waals surface area contributed by atoms with Crippen LogP contribution in [0.25, 0.3) is 11.0 Å². The highest BCUT2D eigenvalue weighted by atomic mass is 16.6. The first-order chi connectivity index (χ1) is 14.6. The van der Waals surface area contributed by atoms with Crippen molar-refractivity contribution in [2.45, 2.75) is 31.4 Å². The minimum atomic E-state index is -0.515. The molecule has 30 heavy (non-hydrogen) atoms. The van der Waals surface area contributed by atoms with E-state index >= 15 is 0 Å². The fraction of sp³-hybridized carbons (Fsp3) is 0.435. The Labute approximate surface area is 176 Å². The van der Waals surface area contributed by atoms with Gasteiger partial charge < -0.3 is 29.8 Å². The number of para-hydroxylation sites is 3. The number of ether oxygens (including phenoxy) is 3. The number of nitrogens with one attached hydrogen (secondary N) is 1. The van der Waals surface area contributed by atoms with E-state index in [0.717, 1.165) is 42.9 Å². The number of methoxy groups -OCH3 is 1. The van der Waals surface area contributed by atoms with Crippen LogP contribution in [0.3, 0.4) is 0 Å². The minimum absolute atomic E-state index is 0.232. The maximum Gasteiger partial charge on any atom is 0.204 e. The van der Waals surface area contributed by atoms with E-state index in [2.05, 4.69) is 22.9 Å². The van der Waals surface area contributed by atoms with Crippen LogP contribution in [-0.4, -0.2) is 48.4 Å². The third kappa shape index (κ3) is 3.23. The molecule has 0 bridgehead atoms. The van der Waals surface area contributed by atoms with Gasteiger partial charge in [0.1, 0.15) is 6.61 Å². The van der Waals surface area contributed by atoms with Gasteiger partial charge in [0.15, 0.2) is 17.6 Å². The van der Waals surface area contributed by atoms with E-state index in [0.29, 0.717) is 29.8 Å². The number of fused-ring (bicyclic) bond motifs is 2. The fourth-order valence-corrected chi connectivity index (χ4v) is 4.60. The molecule has 1 fully saturated rings. The Morgan fingerprint density at radius 1 is 1.17 bits per heavy atom. The molecule has 3 heterocycles. The maximum absolute atomic E-state index is 6.87. The van der Waals surface area contributed by atoms with Gasteiger partial charge in [-0.3, -0.25) is 0 Å². The average molecular weight is 409 g/mol. The number of benzene rings is 2. The van der Waals surface area contributed by atoms with Crippen LogP contribution in [-0.2, 0) is 0 Å². The number of imidazole rings is 1. The molecule has 2 aromatic carbocycles. The molecule has 2 aliphatic rings. The number of anilines is 1. The molecule has 0 spiro atoms. The van der Waals surface area contributed by atoms with Gasteiger partial charge in [-0.25, -0.2) is 4.98 Å². The summed E-state index contributed by atoms with van der Waals surface area (Å²) in [5.74, 6) is 3.29. The number of nitrogens with zero attached hydrogens (tertiary/aromatic N) is 2. The number of piperidine rings is 1. The second-order valence-electron chi connectivity index (χ2n) is 8.41. The number of nitrogens with two attached hydrogens (primary N) is 1. The summed E-state index contributed by atoms with van der Waals surface area (Å²) in [7, 11) is 1.64. The molecular formula is C23H28N4O3. The molecule has 3 N–H and O–H groups in total. The van der Waals surface area contributed by atoms with Crippen molar-refractivity contribution in [2.75, 3.05) is 31.7 Å². The first-order valence-electron chi connectivity index (χ1n) is 10.5. The van der Waals surface area contributed by atoms with Gasteiger partial charge in [-0.2, -0.15) is 0 Å². The smallest absolute Gasteiger partial charge is 0.204 e. The number of hydrogen-bond acceptors (Lipinski definition) is 6. The van der Waals surface area contributed by atoms with Crippen molar-refractivity contribution in [3.8, 4) is 17.2 Å². The predicted molar refractivity (Wildman–Crippen MR) is 117 cm³/mol. The van der Waals surface area contributed by atoms with Crippen molar-refractivity contribution in [1.29, 1.82) is 0 Å². The first-order valence-corrected chi connectivity index (χ1v) is 10.5. The number of hydrogen-bond donors (Lipinski definition) is 2. The van der Waals surface area contributed by atoms with Gasteiger partial charge in [0, 0.05) is 13.1 Å². The van der Waals surface area contributed by atoms with E-state index in [9.17, 15) is 0 Å². The molecule has 0 aliphatic carbocycles. The van der Waals surface area contributed by atoms with Gasteiger partial charge >= 0.3 is 0 Å². The Morgan fingerprint density at radius 3 is 2.73 bits per heavy atom. The van der Waals surface area contributed by atoms with Gasteiger partial charge in [0.2, 0.25) is 11.7 Å². The van der Waals surface area contributed by atoms with Crippen LogP contribution in [0.4, 0.5) is 5.95 Å². The SMILES string of the molecule is COc1cccc2c1OC(C(C)(N)C1CCN(c3nc4ccccc4[nH]3)CC1)CO2. The van der Waals surface area contributed by atoms with Gasteiger partial charge in [0.05, 0.1) is 23.7 Å². The molecule has 7 nitrogen and oxygen atoms in total. The zero-order valence-electron chi connectivity index (χ0n) is 17.4. The third-order valence-corrected chi connectivity index (χ3v) is 6.56. The summed E-state index contributed by atoms with van der Waals surface area (Å²) in [5, 5.41) is 0. The Hall–Kier alpha value is -2.93. The Balaban J connectivity index is 1.28. The normalized spacial score (nSPS) is 21.4. The summed E-state index contributed by atoms with van der Waals surface area (Å²) < 4.78 is 17.7. The molecule has 0 radical (unpaired) electrons. The molecule has 2 atom stereocenters. The van der Waals surface area contributed by atoms with Crippen LogP contribution in [0.2, 0.25) is 0 Å². The van der Waals surface area contributed by atoms with Crippen molar-refractivity contribution in [2.24, 2.45) is 11.7 Å². The average Bonchev–Trinajstić information content (AvgIpc) is 3.22. The molecule has 3 aromatic rings. The lowest BCUT2D eigenvalue weighted by molar-refractivity contribution is 0.00733. The van der Waals surface area contributed by atoms with E-state index in [4.69, 9.17) is 24.9 Å². The summed E-state index contributed by atoms with van der Waals surface area (Å²) in [5.41, 5.74) is 8.42. The van der Waals surface area contributed by atoms with E-state index in [1.807, 2.05) is 36.4 Å². The number of H-pyrrole nitrogens is 1. The molecule has 1 aromatic heterocycles. The van der Waals surface area contributed by atoms with E-state index < -0.39 is 5.54 Å². The zero-order chi connectivity index (χ0) is 20.7. The van der Waals surface area contributed by atoms with E-state index in [-0.39, 0.29) is 6.10 Å². The molecule has 0 saturated carbocycles. The second-order valence-corrected chi connectivity index (χ2v) is 8.41. The van der Waals surface area contributed by atoms with Gasteiger partial charge in [-0.15, -0.1) is 0 Å². The molecule has 0 amide bonds. The monoisotopic (exact) mass is 408 g/mol. The molecule has 2 aliphatic heterocycles. The topological polar surface area (TPSA) is 85.6 Å².